The molecule has 1 unspecified atom stereocenters. The predicted molar refractivity (Wildman–Crippen MR) is 129 cm³/mol. The zero-order chi connectivity index (χ0) is 22.1. The van der Waals surface area contributed by atoms with Crippen molar-refractivity contribution in [2.75, 3.05) is 11.5 Å². The molecule has 0 heterocycles. The summed E-state index contributed by atoms with van der Waals surface area (Å²) < 4.78 is 9.87. The molecule has 0 spiro atoms. The van der Waals surface area contributed by atoms with Gasteiger partial charge in [0.15, 0.2) is 11.9 Å². The summed E-state index contributed by atoms with van der Waals surface area (Å²) in [5.41, 5.74) is 1.69. The highest BCUT2D eigenvalue weighted by Crippen LogP contribution is 2.27. The van der Waals surface area contributed by atoms with E-state index in [0.29, 0.717) is 21.6 Å². The van der Waals surface area contributed by atoms with Crippen LogP contribution in [-0.4, -0.2) is 41.2 Å². The van der Waals surface area contributed by atoms with Crippen molar-refractivity contribution >= 4 is 65.4 Å². The molecule has 0 bridgehead atoms. The molecule has 9 heteroatoms. The van der Waals surface area contributed by atoms with Gasteiger partial charge in [0.2, 0.25) is 0 Å². The van der Waals surface area contributed by atoms with E-state index in [1.807, 2.05) is 31.2 Å². The van der Waals surface area contributed by atoms with Gasteiger partial charge in [-0.3, -0.25) is 0 Å². The van der Waals surface area contributed by atoms with Crippen molar-refractivity contribution in [3.05, 3.63) is 57.6 Å². The van der Waals surface area contributed by atoms with E-state index in [2.05, 4.69) is 16.1 Å². The van der Waals surface area contributed by atoms with Crippen molar-refractivity contribution in [1.29, 1.82) is 0 Å². The van der Waals surface area contributed by atoms with E-state index >= 15 is 0 Å². The molecule has 30 heavy (non-hydrogen) atoms. The van der Waals surface area contributed by atoms with Crippen LogP contribution in [0.1, 0.15) is 24.5 Å². The molecule has 0 fully saturated rings. The maximum absolute atomic E-state index is 10.9. The number of ether oxygens (including phenoxy) is 1. The molecule has 5 nitrogen and oxygen atoms in total. The van der Waals surface area contributed by atoms with Crippen LogP contribution in [0.25, 0.3) is 0 Å². The van der Waals surface area contributed by atoms with Crippen LogP contribution in [-0.2, 0) is 4.79 Å². The number of amidine groups is 1. The zero-order valence-corrected chi connectivity index (χ0v) is 19.7. The molecule has 0 saturated heterocycles. The molecule has 2 rings (SSSR count). The molecule has 0 aromatic heterocycles. The van der Waals surface area contributed by atoms with Crippen LogP contribution in [0.2, 0.25) is 10.0 Å². The number of aryl methyl sites for hydroxylation is 1. The van der Waals surface area contributed by atoms with Crippen molar-refractivity contribution in [2.45, 2.75) is 31.3 Å². The largest absolute Gasteiger partial charge is 0.479 e. The third kappa shape index (κ3) is 7.54. The fourth-order valence-corrected chi connectivity index (χ4v) is 4.39. The lowest BCUT2D eigenvalue weighted by Gasteiger charge is -2.13. The maximum Gasteiger partial charge on any atom is 0.344 e. The Morgan fingerprint density at radius 3 is 2.60 bits per heavy atom. The SMILES string of the molecule is C=N/C(=N\SCCCSc1ccc(OC(C)C(=O)O)c(C)c1)c1ccc(Cl)c(Cl)c1. The molecule has 0 amide bonds. The number of thioether (sulfide) groups is 1. The first-order chi connectivity index (χ1) is 14.3. The Kier molecular flexibility index (Phi) is 10.0. The van der Waals surface area contributed by atoms with Gasteiger partial charge in [0.05, 0.1) is 10.0 Å². The number of hydrogen-bond acceptors (Lipinski definition) is 5. The number of carbonyl (C=O) groups is 1. The number of carboxylic acid groups (broad SMARTS) is 1. The molecule has 0 saturated carbocycles. The van der Waals surface area contributed by atoms with Crippen molar-refractivity contribution in [3.63, 3.8) is 0 Å². The molecule has 0 aliphatic carbocycles. The number of nitrogens with zero attached hydrogens (tertiary/aromatic N) is 2. The minimum Gasteiger partial charge on any atom is -0.479 e. The topological polar surface area (TPSA) is 71.2 Å². The van der Waals surface area contributed by atoms with Crippen molar-refractivity contribution in [1.82, 2.24) is 0 Å². The molecule has 0 aliphatic rings. The Hall–Kier alpha value is -1.67. The van der Waals surface area contributed by atoms with Gasteiger partial charge in [-0.2, -0.15) is 4.40 Å². The van der Waals surface area contributed by atoms with Gasteiger partial charge in [0.25, 0.3) is 0 Å². The summed E-state index contributed by atoms with van der Waals surface area (Å²) in [5.74, 6) is 1.89. The van der Waals surface area contributed by atoms with Crippen LogP contribution >= 0.6 is 46.9 Å². The van der Waals surface area contributed by atoms with Crippen LogP contribution in [0.3, 0.4) is 0 Å². The number of carboxylic acids is 1. The van der Waals surface area contributed by atoms with Gasteiger partial charge in [-0.25, -0.2) is 9.79 Å². The number of benzene rings is 2. The number of hydrogen-bond donors (Lipinski definition) is 1. The van der Waals surface area contributed by atoms with Crippen molar-refractivity contribution in [2.24, 2.45) is 9.39 Å². The Labute approximate surface area is 195 Å². The second-order valence-corrected chi connectivity index (χ2v) is 9.09. The van der Waals surface area contributed by atoms with Gasteiger partial charge in [-0.05, 0) is 86.6 Å². The maximum atomic E-state index is 10.9. The fraction of sp³-hybridized carbons (Fsp3) is 0.286. The van der Waals surface area contributed by atoms with E-state index in [9.17, 15) is 4.79 Å². The molecular formula is C21H22Cl2N2O3S2. The average Bonchev–Trinajstić information content (AvgIpc) is 2.71. The van der Waals surface area contributed by atoms with Gasteiger partial charge in [0.1, 0.15) is 5.75 Å². The number of rotatable bonds is 10. The number of aliphatic imine (C=N–C) groups is 1. The van der Waals surface area contributed by atoms with Gasteiger partial charge < -0.3 is 9.84 Å². The highest BCUT2D eigenvalue weighted by Gasteiger charge is 2.13. The monoisotopic (exact) mass is 484 g/mol. The molecule has 0 radical (unpaired) electrons. The molecule has 1 atom stereocenters. The quantitative estimate of drug-likeness (QED) is 0.138. The number of halogens is 2. The Morgan fingerprint density at radius 2 is 1.97 bits per heavy atom. The van der Waals surface area contributed by atoms with E-state index in [0.717, 1.165) is 33.9 Å². The van der Waals surface area contributed by atoms with Crippen LogP contribution in [0, 0.1) is 6.92 Å². The summed E-state index contributed by atoms with van der Waals surface area (Å²) in [6, 6.07) is 11.0. The minimum absolute atomic E-state index is 0.455. The summed E-state index contributed by atoms with van der Waals surface area (Å²) >= 11 is 15.1. The minimum atomic E-state index is -0.984. The lowest BCUT2D eigenvalue weighted by atomic mass is 10.2. The van der Waals surface area contributed by atoms with Crippen LogP contribution < -0.4 is 4.74 Å². The highest BCUT2D eigenvalue weighted by atomic mass is 35.5. The second-order valence-electron chi connectivity index (χ2n) is 6.26. The van der Waals surface area contributed by atoms with Gasteiger partial charge >= 0.3 is 5.97 Å². The first kappa shape index (κ1) is 24.6. The summed E-state index contributed by atoms with van der Waals surface area (Å²) in [6.45, 7) is 6.99. The Bertz CT molecular complexity index is 938. The summed E-state index contributed by atoms with van der Waals surface area (Å²) in [5, 5.41) is 9.89. The third-order valence-electron chi connectivity index (χ3n) is 3.93. The molecule has 1 N–H and O–H groups in total. The Morgan fingerprint density at radius 1 is 1.20 bits per heavy atom. The highest BCUT2D eigenvalue weighted by molar-refractivity contribution is 7.99. The molecule has 160 valence electrons. The van der Waals surface area contributed by atoms with E-state index < -0.39 is 12.1 Å². The molecule has 2 aromatic rings. The molecular weight excluding hydrogens is 463 g/mol. The lowest BCUT2D eigenvalue weighted by Crippen LogP contribution is -2.23. The van der Waals surface area contributed by atoms with Crippen LogP contribution in [0.15, 0.2) is 50.7 Å². The van der Waals surface area contributed by atoms with Crippen molar-refractivity contribution < 1.29 is 14.6 Å². The predicted octanol–water partition coefficient (Wildman–Crippen LogP) is 6.43. The standard InChI is InChI=1S/C21H22Cl2N2O3S2/c1-13-11-16(6-8-19(13)28-14(2)21(26)27)29-9-4-10-30-25-20(24-3)15-5-7-17(22)18(23)12-15/h5-8,11-12,14H,3-4,9-10H2,1-2H3,(H,26,27)/b25-20-. The summed E-state index contributed by atoms with van der Waals surface area (Å²) in [7, 11) is 0. The van der Waals surface area contributed by atoms with E-state index in [1.54, 1.807) is 23.9 Å². The van der Waals surface area contributed by atoms with E-state index in [4.69, 9.17) is 33.0 Å². The average molecular weight is 485 g/mol. The van der Waals surface area contributed by atoms with Gasteiger partial charge in [-0.1, -0.05) is 23.2 Å². The normalized spacial score (nSPS) is 12.5. The first-order valence-electron chi connectivity index (χ1n) is 9.07. The van der Waals surface area contributed by atoms with Crippen LogP contribution in [0.5, 0.6) is 5.75 Å². The van der Waals surface area contributed by atoms with E-state index in [1.165, 1.54) is 18.9 Å². The van der Waals surface area contributed by atoms with E-state index in [-0.39, 0.29) is 0 Å². The molecule has 2 aromatic carbocycles. The smallest absolute Gasteiger partial charge is 0.344 e. The van der Waals surface area contributed by atoms with Crippen molar-refractivity contribution in [3.8, 4) is 5.75 Å². The first-order valence-corrected chi connectivity index (χ1v) is 11.7. The molecule has 0 aliphatic heterocycles. The summed E-state index contributed by atoms with van der Waals surface area (Å²) in [6.07, 6.45) is 0.0801. The fourth-order valence-electron chi connectivity index (χ4n) is 2.31. The van der Waals surface area contributed by atoms with Gasteiger partial charge in [0, 0.05) is 16.2 Å². The summed E-state index contributed by atoms with van der Waals surface area (Å²) in [4.78, 5) is 16.0. The van der Waals surface area contributed by atoms with Crippen LogP contribution in [0.4, 0.5) is 0 Å². The number of aliphatic carboxylic acids is 1. The zero-order valence-electron chi connectivity index (χ0n) is 16.6. The lowest BCUT2D eigenvalue weighted by molar-refractivity contribution is -0.144. The second kappa shape index (κ2) is 12.2. The third-order valence-corrected chi connectivity index (χ3v) is 6.52. The Balaban J connectivity index is 1.80. The van der Waals surface area contributed by atoms with Gasteiger partial charge in [-0.15, -0.1) is 11.8 Å².